The van der Waals surface area contributed by atoms with Crippen molar-refractivity contribution in [2.75, 3.05) is 31.1 Å². The van der Waals surface area contributed by atoms with Crippen molar-refractivity contribution in [2.24, 2.45) is 7.05 Å². The van der Waals surface area contributed by atoms with Crippen molar-refractivity contribution in [1.82, 2.24) is 19.4 Å². The van der Waals surface area contributed by atoms with Gasteiger partial charge < -0.3 is 14.4 Å². The van der Waals surface area contributed by atoms with Gasteiger partial charge in [-0.05, 0) is 6.07 Å². The first-order valence-corrected chi connectivity index (χ1v) is 6.62. The van der Waals surface area contributed by atoms with Crippen LogP contribution in [0, 0.1) is 0 Å². The fourth-order valence-electron chi connectivity index (χ4n) is 2.52. The Kier molecular flexibility index (Phi) is 2.96. The SMILES string of the molecule is CC(=O)N1CCN(c2nc3c(ccn3C)c(=O)[nH]2)CC1. The van der Waals surface area contributed by atoms with Crippen LogP contribution in [0.1, 0.15) is 6.92 Å². The number of aromatic nitrogens is 3. The van der Waals surface area contributed by atoms with Crippen LogP contribution in [0.3, 0.4) is 0 Å². The predicted molar refractivity (Wildman–Crippen MR) is 75.8 cm³/mol. The fraction of sp³-hybridized carbons (Fsp3) is 0.462. The van der Waals surface area contributed by atoms with E-state index in [1.165, 1.54) is 0 Å². The van der Waals surface area contributed by atoms with Gasteiger partial charge in [0.2, 0.25) is 11.9 Å². The van der Waals surface area contributed by atoms with E-state index in [0.717, 1.165) is 0 Å². The van der Waals surface area contributed by atoms with Crippen LogP contribution in [0.4, 0.5) is 5.95 Å². The maximum absolute atomic E-state index is 12.0. The molecule has 7 heteroatoms. The summed E-state index contributed by atoms with van der Waals surface area (Å²) in [6.45, 7) is 4.25. The Bertz CT molecular complexity index is 709. The highest BCUT2D eigenvalue weighted by atomic mass is 16.2. The standard InChI is InChI=1S/C13H17N5O2/c1-9(19)17-5-7-18(8-6-17)13-14-11-10(12(20)15-13)3-4-16(11)2/h3-4H,5-8H2,1-2H3,(H,14,15,20). The molecule has 7 nitrogen and oxygen atoms in total. The van der Waals surface area contributed by atoms with Crippen LogP contribution >= 0.6 is 0 Å². The zero-order valence-electron chi connectivity index (χ0n) is 11.6. The largest absolute Gasteiger partial charge is 0.339 e. The van der Waals surface area contributed by atoms with Crippen LogP contribution in [0.25, 0.3) is 11.0 Å². The molecule has 3 heterocycles. The Morgan fingerprint density at radius 1 is 1.30 bits per heavy atom. The lowest BCUT2D eigenvalue weighted by atomic mass is 10.3. The molecule has 20 heavy (non-hydrogen) atoms. The molecule has 0 atom stereocenters. The van der Waals surface area contributed by atoms with E-state index in [1.54, 1.807) is 17.9 Å². The molecule has 0 spiro atoms. The third-order valence-electron chi connectivity index (χ3n) is 3.75. The summed E-state index contributed by atoms with van der Waals surface area (Å²) >= 11 is 0. The summed E-state index contributed by atoms with van der Waals surface area (Å²) in [7, 11) is 1.87. The number of carbonyl (C=O) groups is 1. The van der Waals surface area contributed by atoms with Crippen molar-refractivity contribution in [3.8, 4) is 0 Å². The van der Waals surface area contributed by atoms with Crippen molar-refractivity contribution in [2.45, 2.75) is 6.92 Å². The lowest BCUT2D eigenvalue weighted by Gasteiger charge is -2.34. The quantitative estimate of drug-likeness (QED) is 0.790. The molecule has 3 rings (SSSR count). The molecule has 0 saturated carbocycles. The summed E-state index contributed by atoms with van der Waals surface area (Å²) in [6, 6.07) is 1.76. The number of nitrogens with one attached hydrogen (secondary N) is 1. The normalized spacial score (nSPS) is 15.9. The van der Waals surface area contributed by atoms with E-state index in [9.17, 15) is 9.59 Å². The number of aryl methyl sites for hydroxylation is 1. The van der Waals surface area contributed by atoms with Crippen molar-refractivity contribution < 1.29 is 4.79 Å². The van der Waals surface area contributed by atoms with Gasteiger partial charge in [0.15, 0.2) is 0 Å². The van der Waals surface area contributed by atoms with Gasteiger partial charge in [-0.25, -0.2) is 0 Å². The van der Waals surface area contributed by atoms with Gasteiger partial charge in [-0.15, -0.1) is 0 Å². The summed E-state index contributed by atoms with van der Waals surface area (Å²) in [6.07, 6.45) is 1.82. The molecule has 0 aliphatic carbocycles. The van der Waals surface area contributed by atoms with E-state index in [0.29, 0.717) is 43.2 Å². The van der Waals surface area contributed by atoms with E-state index in [2.05, 4.69) is 9.97 Å². The first-order valence-electron chi connectivity index (χ1n) is 6.62. The number of piperazine rings is 1. The lowest BCUT2D eigenvalue weighted by Crippen LogP contribution is -2.48. The molecule has 2 aromatic heterocycles. The average Bonchev–Trinajstić information content (AvgIpc) is 2.81. The minimum absolute atomic E-state index is 0.0870. The summed E-state index contributed by atoms with van der Waals surface area (Å²) in [4.78, 5) is 34.5. The second kappa shape index (κ2) is 4.66. The zero-order valence-corrected chi connectivity index (χ0v) is 11.6. The second-order valence-corrected chi connectivity index (χ2v) is 5.05. The van der Waals surface area contributed by atoms with Gasteiger partial charge in [-0.2, -0.15) is 4.98 Å². The van der Waals surface area contributed by atoms with Gasteiger partial charge >= 0.3 is 0 Å². The van der Waals surface area contributed by atoms with Crippen molar-refractivity contribution in [1.29, 1.82) is 0 Å². The van der Waals surface area contributed by atoms with Crippen LogP contribution in [-0.2, 0) is 11.8 Å². The maximum atomic E-state index is 12.0. The fourth-order valence-corrected chi connectivity index (χ4v) is 2.52. The van der Waals surface area contributed by atoms with E-state index in [1.807, 2.05) is 22.7 Å². The summed E-state index contributed by atoms with van der Waals surface area (Å²) in [5.41, 5.74) is 0.553. The Hall–Kier alpha value is -2.31. The number of amides is 1. The smallest absolute Gasteiger partial charge is 0.261 e. The maximum Gasteiger partial charge on any atom is 0.261 e. The van der Waals surface area contributed by atoms with Gasteiger partial charge in [-0.1, -0.05) is 0 Å². The molecule has 2 aromatic rings. The first kappa shape index (κ1) is 12.7. The molecule has 0 bridgehead atoms. The highest BCUT2D eigenvalue weighted by molar-refractivity contribution is 5.76. The number of fused-ring (bicyclic) bond motifs is 1. The number of anilines is 1. The molecular formula is C13H17N5O2. The van der Waals surface area contributed by atoms with Crippen LogP contribution < -0.4 is 10.5 Å². The number of hydrogen-bond donors (Lipinski definition) is 1. The first-order chi connectivity index (χ1) is 9.56. The van der Waals surface area contributed by atoms with Crippen molar-refractivity contribution >= 4 is 22.9 Å². The summed E-state index contributed by atoms with van der Waals surface area (Å²) in [5, 5.41) is 0.596. The topological polar surface area (TPSA) is 74.2 Å². The van der Waals surface area contributed by atoms with E-state index >= 15 is 0 Å². The number of H-pyrrole nitrogens is 1. The van der Waals surface area contributed by atoms with Gasteiger partial charge in [0.05, 0.1) is 5.39 Å². The van der Waals surface area contributed by atoms with Gasteiger partial charge in [0, 0.05) is 46.3 Å². The number of rotatable bonds is 1. The van der Waals surface area contributed by atoms with Crippen molar-refractivity contribution in [3.63, 3.8) is 0 Å². The monoisotopic (exact) mass is 275 g/mol. The third-order valence-corrected chi connectivity index (χ3v) is 3.75. The number of hydrogen-bond acceptors (Lipinski definition) is 4. The molecular weight excluding hydrogens is 258 g/mol. The van der Waals surface area contributed by atoms with Crippen LogP contribution in [-0.4, -0.2) is 51.5 Å². The lowest BCUT2D eigenvalue weighted by molar-refractivity contribution is -0.129. The summed E-state index contributed by atoms with van der Waals surface area (Å²) in [5.74, 6) is 0.663. The second-order valence-electron chi connectivity index (χ2n) is 5.05. The van der Waals surface area contributed by atoms with E-state index < -0.39 is 0 Å². The molecule has 0 radical (unpaired) electrons. The molecule has 1 amide bonds. The average molecular weight is 275 g/mol. The molecule has 1 aliphatic rings. The molecule has 1 N–H and O–H groups in total. The zero-order chi connectivity index (χ0) is 14.3. The minimum Gasteiger partial charge on any atom is -0.339 e. The third kappa shape index (κ3) is 2.04. The number of aromatic amines is 1. The molecule has 0 aromatic carbocycles. The van der Waals surface area contributed by atoms with Crippen LogP contribution in [0.2, 0.25) is 0 Å². The summed E-state index contributed by atoms with van der Waals surface area (Å²) < 4.78 is 1.83. The molecule has 0 unspecified atom stereocenters. The Labute approximate surface area is 115 Å². The molecule has 1 fully saturated rings. The Morgan fingerprint density at radius 3 is 2.65 bits per heavy atom. The van der Waals surface area contributed by atoms with Gasteiger partial charge in [-0.3, -0.25) is 14.6 Å². The molecule has 1 saturated heterocycles. The van der Waals surface area contributed by atoms with Crippen LogP contribution in [0.5, 0.6) is 0 Å². The van der Waals surface area contributed by atoms with E-state index in [4.69, 9.17) is 0 Å². The highest BCUT2D eigenvalue weighted by Gasteiger charge is 2.21. The van der Waals surface area contributed by atoms with E-state index in [-0.39, 0.29) is 11.5 Å². The van der Waals surface area contributed by atoms with Crippen molar-refractivity contribution in [3.05, 3.63) is 22.6 Å². The van der Waals surface area contributed by atoms with Gasteiger partial charge in [0.1, 0.15) is 5.65 Å². The Balaban J connectivity index is 1.90. The Morgan fingerprint density at radius 2 is 2.00 bits per heavy atom. The predicted octanol–water partition coefficient (Wildman–Crippen LogP) is -0.0699. The number of nitrogens with zero attached hydrogens (tertiary/aromatic N) is 4. The number of carbonyl (C=O) groups excluding carboxylic acids is 1. The minimum atomic E-state index is -0.125. The van der Waals surface area contributed by atoms with Crippen LogP contribution in [0.15, 0.2) is 17.1 Å². The molecule has 106 valence electrons. The highest BCUT2D eigenvalue weighted by Crippen LogP contribution is 2.14. The molecule has 1 aliphatic heterocycles. The van der Waals surface area contributed by atoms with Gasteiger partial charge in [0.25, 0.3) is 5.56 Å².